The van der Waals surface area contributed by atoms with Gasteiger partial charge in [0.25, 0.3) is 5.91 Å². The van der Waals surface area contributed by atoms with Gasteiger partial charge in [0.2, 0.25) is 0 Å². The number of amidine groups is 1. The Morgan fingerprint density at radius 1 is 1.07 bits per heavy atom. The number of aliphatic imine (C=N–C) groups is 1. The zero-order valence-electron chi connectivity index (χ0n) is 14.1. The van der Waals surface area contributed by atoms with Crippen LogP contribution in [0.2, 0.25) is 0 Å². The van der Waals surface area contributed by atoms with E-state index in [2.05, 4.69) is 10.3 Å². The van der Waals surface area contributed by atoms with Crippen molar-refractivity contribution in [2.45, 2.75) is 6.92 Å². The number of nitrogens with zero attached hydrogens (tertiary/aromatic N) is 1. The quantitative estimate of drug-likeness (QED) is 0.699. The average Bonchev–Trinajstić information content (AvgIpc) is 2.93. The lowest BCUT2D eigenvalue weighted by atomic mass is 10.1. The van der Waals surface area contributed by atoms with Crippen molar-refractivity contribution < 1.29 is 24.6 Å². The molecule has 1 amide bonds. The third-order valence-electron chi connectivity index (χ3n) is 3.63. The van der Waals surface area contributed by atoms with Gasteiger partial charge in [0.1, 0.15) is 0 Å². The van der Waals surface area contributed by atoms with Crippen LogP contribution in [0.4, 0.5) is 5.69 Å². The van der Waals surface area contributed by atoms with Gasteiger partial charge in [-0.2, -0.15) is 0 Å². The summed E-state index contributed by atoms with van der Waals surface area (Å²) in [6.45, 7) is 1.95. The van der Waals surface area contributed by atoms with Gasteiger partial charge >= 0.3 is 11.9 Å². The molecule has 8 heteroatoms. The number of amides is 1. The maximum absolute atomic E-state index is 12.1. The van der Waals surface area contributed by atoms with Crippen LogP contribution in [0.1, 0.15) is 31.8 Å². The molecule has 3 rings (SSSR count). The van der Waals surface area contributed by atoms with E-state index in [9.17, 15) is 14.4 Å². The molecule has 1 heterocycles. The third-order valence-corrected chi connectivity index (χ3v) is 4.54. The lowest BCUT2D eigenvalue weighted by Gasteiger charge is -2.02. The van der Waals surface area contributed by atoms with E-state index in [-0.39, 0.29) is 27.9 Å². The molecule has 0 atom stereocenters. The number of carbonyl (C=O) groups is 3. The smallest absolute Gasteiger partial charge is 0.335 e. The van der Waals surface area contributed by atoms with E-state index >= 15 is 0 Å². The molecule has 2 aromatic carbocycles. The van der Waals surface area contributed by atoms with E-state index in [4.69, 9.17) is 10.2 Å². The van der Waals surface area contributed by atoms with Gasteiger partial charge < -0.3 is 15.5 Å². The van der Waals surface area contributed by atoms with Crippen molar-refractivity contribution in [2.24, 2.45) is 4.99 Å². The first kappa shape index (κ1) is 18.4. The molecule has 0 unspecified atom stereocenters. The Labute approximate surface area is 158 Å². The average molecular weight is 382 g/mol. The molecule has 2 aromatic rings. The molecule has 27 heavy (non-hydrogen) atoms. The van der Waals surface area contributed by atoms with Gasteiger partial charge in [-0.1, -0.05) is 29.8 Å². The number of carbonyl (C=O) groups excluding carboxylic acids is 1. The molecule has 136 valence electrons. The molecule has 0 spiro atoms. The van der Waals surface area contributed by atoms with Crippen molar-refractivity contribution in [3.8, 4) is 0 Å². The SMILES string of the molecule is Cc1cccc(/C=C2\SC(=Nc3cc(C(=O)O)cc(C(=O)O)c3)NC2=O)c1. The monoisotopic (exact) mass is 382 g/mol. The zero-order chi connectivity index (χ0) is 19.6. The highest BCUT2D eigenvalue weighted by Crippen LogP contribution is 2.29. The first-order valence-electron chi connectivity index (χ1n) is 7.80. The van der Waals surface area contributed by atoms with Crippen molar-refractivity contribution in [1.82, 2.24) is 5.32 Å². The Kier molecular flexibility index (Phi) is 5.09. The highest BCUT2D eigenvalue weighted by atomic mass is 32.2. The summed E-state index contributed by atoms with van der Waals surface area (Å²) in [5, 5.41) is 21.1. The number of carboxylic acid groups (broad SMARTS) is 2. The van der Waals surface area contributed by atoms with Crippen LogP contribution < -0.4 is 5.32 Å². The fourth-order valence-electron chi connectivity index (χ4n) is 2.43. The van der Waals surface area contributed by atoms with Crippen molar-refractivity contribution in [3.63, 3.8) is 0 Å². The standard InChI is InChI=1S/C19H14N2O5S/c1-10-3-2-4-11(5-10)6-15-16(22)21-19(27-15)20-14-8-12(17(23)24)7-13(9-14)18(25)26/h2-9H,1H3,(H,23,24)(H,25,26)(H,20,21,22)/b15-6-. The number of benzene rings is 2. The molecule has 0 aromatic heterocycles. The zero-order valence-corrected chi connectivity index (χ0v) is 14.9. The number of carboxylic acids is 2. The molecular formula is C19H14N2O5S. The molecule has 0 radical (unpaired) electrons. The van der Waals surface area contributed by atoms with Crippen LogP contribution in [0.25, 0.3) is 6.08 Å². The summed E-state index contributed by atoms with van der Waals surface area (Å²) in [5.74, 6) is -2.85. The first-order chi connectivity index (χ1) is 12.8. The lowest BCUT2D eigenvalue weighted by Crippen LogP contribution is -2.19. The third kappa shape index (κ3) is 4.42. The summed E-state index contributed by atoms with van der Waals surface area (Å²) in [5.41, 5.74) is 1.67. The predicted molar refractivity (Wildman–Crippen MR) is 102 cm³/mol. The van der Waals surface area contributed by atoms with Crippen molar-refractivity contribution >= 4 is 46.5 Å². The normalized spacial score (nSPS) is 16.6. The summed E-state index contributed by atoms with van der Waals surface area (Å²) < 4.78 is 0. The molecule has 0 bridgehead atoms. The largest absolute Gasteiger partial charge is 0.478 e. The van der Waals surface area contributed by atoms with Gasteiger partial charge in [0, 0.05) is 0 Å². The molecule has 0 saturated carbocycles. The molecule has 0 aliphatic carbocycles. The second-order valence-electron chi connectivity index (χ2n) is 5.77. The fourth-order valence-corrected chi connectivity index (χ4v) is 3.27. The molecule has 7 nitrogen and oxygen atoms in total. The minimum atomic E-state index is -1.26. The van der Waals surface area contributed by atoms with Crippen LogP contribution in [-0.4, -0.2) is 33.2 Å². The minimum absolute atomic E-state index is 0.131. The highest BCUT2D eigenvalue weighted by Gasteiger charge is 2.24. The second kappa shape index (κ2) is 7.46. The summed E-state index contributed by atoms with van der Waals surface area (Å²) >= 11 is 1.10. The van der Waals surface area contributed by atoms with Crippen LogP contribution in [0.15, 0.2) is 52.4 Å². The van der Waals surface area contributed by atoms with Crippen molar-refractivity contribution in [1.29, 1.82) is 0 Å². The van der Waals surface area contributed by atoms with Crippen molar-refractivity contribution in [3.05, 3.63) is 69.6 Å². The Hall–Kier alpha value is -3.39. The minimum Gasteiger partial charge on any atom is -0.478 e. The van der Waals surface area contributed by atoms with Gasteiger partial charge in [-0.05, 0) is 48.5 Å². The Balaban J connectivity index is 1.92. The Morgan fingerprint density at radius 3 is 2.33 bits per heavy atom. The van der Waals surface area contributed by atoms with E-state index in [0.717, 1.165) is 29.0 Å². The summed E-state index contributed by atoms with van der Waals surface area (Å²) in [7, 11) is 0. The van der Waals surface area contributed by atoms with Crippen LogP contribution in [0, 0.1) is 6.92 Å². The summed E-state index contributed by atoms with van der Waals surface area (Å²) in [4.78, 5) is 39.1. The molecule has 1 aliphatic rings. The maximum Gasteiger partial charge on any atom is 0.335 e. The number of aromatic carboxylic acids is 2. The van der Waals surface area contributed by atoms with E-state index < -0.39 is 11.9 Å². The Bertz CT molecular complexity index is 994. The van der Waals surface area contributed by atoms with Crippen LogP contribution in [-0.2, 0) is 4.79 Å². The number of hydrogen-bond acceptors (Lipinski definition) is 5. The summed E-state index contributed by atoms with van der Waals surface area (Å²) in [6.07, 6.45) is 1.73. The molecule has 1 saturated heterocycles. The first-order valence-corrected chi connectivity index (χ1v) is 8.61. The Morgan fingerprint density at radius 2 is 1.74 bits per heavy atom. The van der Waals surface area contributed by atoms with Gasteiger partial charge in [-0.3, -0.25) is 4.79 Å². The number of nitrogens with one attached hydrogen (secondary N) is 1. The number of rotatable bonds is 4. The molecule has 1 fully saturated rings. The van der Waals surface area contributed by atoms with E-state index in [0.29, 0.717) is 4.91 Å². The maximum atomic E-state index is 12.1. The van der Waals surface area contributed by atoms with Gasteiger partial charge in [-0.25, -0.2) is 14.6 Å². The highest BCUT2D eigenvalue weighted by molar-refractivity contribution is 8.18. The van der Waals surface area contributed by atoms with Crippen LogP contribution >= 0.6 is 11.8 Å². The lowest BCUT2D eigenvalue weighted by molar-refractivity contribution is -0.115. The molecule has 1 aliphatic heterocycles. The number of aryl methyl sites for hydroxylation is 1. The van der Waals surface area contributed by atoms with E-state index in [1.165, 1.54) is 12.1 Å². The van der Waals surface area contributed by atoms with Crippen LogP contribution in [0.5, 0.6) is 0 Å². The van der Waals surface area contributed by atoms with Crippen molar-refractivity contribution in [2.75, 3.05) is 0 Å². The van der Waals surface area contributed by atoms with Gasteiger partial charge in [-0.15, -0.1) is 0 Å². The van der Waals surface area contributed by atoms with E-state index in [1.807, 2.05) is 31.2 Å². The van der Waals surface area contributed by atoms with Crippen LogP contribution in [0.3, 0.4) is 0 Å². The van der Waals surface area contributed by atoms with Gasteiger partial charge in [0.15, 0.2) is 5.17 Å². The summed E-state index contributed by atoms with van der Waals surface area (Å²) in [6, 6.07) is 11.2. The number of thioether (sulfide) groups is 1. The molecule has 3 N–H and O–H groups in total. The van der Waals surface area contributed by atoms with Gasteiger partial charge in [0.05, 0.1) is 21.7 Å². The topological polar surface area (TPSA) is 116 Å². The molecular weight excluding hydrogens is 368 g/mol. The van der Waals surface area contributed by atoms with E-state index in [1.54, 1.807) is 6.08 Å². The number of hydrogen-bond donors (Lipinski definition) is 3. The second-order valence-corrected chi connectivity index (χ2v) is 6.81. The fraction of sp³-hybridized carbons (Fsp3) is 0.0526. The predicted octanol–water partition coefficient (Wildman–Crippen LogP) is 3.28.